The molecule has 0 bridgehead atoms. The Morgan fingerprint density at radius 1 is 1.11 bits per heavy atom. The van der Waals surface area contributed by atoms with E-state index < -0.39 is 0 Å². The maximum Gasteiger partial charge on any atom is 0.0753 e. The first-order valence-corrected chi connectivity index (χ1v) is 8.50. The van der Waals surface area contributed by atoms with Gasteiger partial charge in [-0.15, -0.1) is 0 Å². The van der Waals surface area contributed by atoms with Crippen LogP contribution in [0.1, 0.15) is 66.7 Å². The summed E-state index contributed by atoms with van der Waals surface area (Å²) in [6, 6.07) is 0.537. The monoisotopic (exact) mass is 269 g/mol. The van der Waals surface area contributed by atoms with Crippen molar-refractivity contribution in [1.82, 2.24) is 5.32 Å². The van der Waals surface area contributed by atoms with Crippen molar-refractivity contribution < 1.29 is 4.74 Å². The predicted molar refractivity (Wildman–Crippen MR) is 83.5 cm³/mol. The van der Waals surface area contributed by atoms with Crippen molar-refractivity contribution in [2.45, 2.75) is 78.9 Å². The van der Waals surface area contributed by atoms with Crippen molar-refractivity contribution >= 4 is 0 Å². The molecule has 2 heteroatoms. The maximum atomic E-state index is 6.10. The van der Waals surface area contributed by atoms with Crippen LogP contribution in [-0.4, -0.2) is 25.3 Å². The molecule has 0 aromatic rings. The summed E-state index contributed by atoms with van der Waals surface area (Å²) < 4.78 is 6.10. The number of rotatable bonds is 8. The van der Waals surface area contributed by atoms with Gasteiger partial charge in [0.2, 0.25) is 0 Å². The average molecular weight is 269 g/mol. The zero-order valence-electron chi connectivity index (χ0n) is 13.7. The fourth-order valence-corrected chi connectivity index (χ4v) is 3.87. The third-order valence-corrected chi connectivity index (χ3v) is 4.76. The molecule has 0 radical (unpaired) electrons. The average Bonchev–Trinajstić information content (AvgIpc) is 2.42. The van der Waals surface area contributed by atoms with Gasteiger partial charge in [-0.25, -0.2) is 0 Å². The Labute approximate surface area is 120 Å². The first-order chi connectivity index (χ1) is 9.15. The summed E-state index contributed by atoms with van der Waals surface area (Å²) in [6.07, 6.45) is 7.31. The van der Waals surface area contributed by atoms with Crippen molar-refractivity contribution in [2.24, 2.45) is 17.8 Å². The van der Waals surface area contributed by atoms with Gasteiger partial charge in [0, 0.05) is 12.6 Å². The minimum atomic E-state index is 0.363. The lowest BCUT2D eigenvalue weighted by molar-refractivity contribution is -0.0263. The molecule has 1 rings (SSSR count). The van der Waals surface area contributed by atoms with Crippen LogP contribution in [0, 0.1) is 17.8 Å². The number of hydrogen-bond acceptors (Lipinski definition) is 2. The van der Waals surface area contributed by atoms with Crippen molar-refractivity contribution in [3.63, 3.8) is 0 Å². The molecule has 0 saturated heterocycles. The number of likely N-dealkylation sites (N-methyl/N-ethyl adjacent to an activating group) is 1. The summed E-state index contributed by atoms with van der Waals surface area (Å²) in [6.45, 7) is 13.2. The molecule has 0 aromatic heterocycles. The van der Waals surface area contributed by atoms with E-state index >= 15 is 0 Å². The SMILES string of the molecule is CCNC(C1CCCCC1CC)C(OCC)C(C)C. The molecule has 0 aromatic carbocycles. The molecule has 1 aliphatic rings. The highest BCUT2D eigenvalue weighted by molar-refractivity contribution is 4.90. The minimum absolute atomic E-state index is 0.363. The van der Waals surface area contributed by atoms with Crippen LogP contribution in [0.5, 0.6) is 0 Å². The van der Waals surface area contributed by atoms with Crippen molar-refractivity contribution in [3.8, 4) is 0 Å². The Kier molecular flexibility index (Phi) is 8.01. The highest BCUT2D eigenvalue weighted by Gasteiger charge is 2.36. The highest BCUT2D eigenvalue weighted by Crippen LogP contribution is 2.37. The fraction of sp³-hybridized carbons (Fsp3) is 1.00. The van der Waals surface area contributed by atoms with E-state index in [4.69, 9.17) is 4.74 Å². The van der Waals surface area contributed by atoms with Crippen LogP contribution in [0.3, 0.4) is 0 Å². The summed E-state index contributed by atoms with van der Waals surface area (Å²) >= 11 is 0. The van der Waals surface area contributed by atoms with Crippen LogP contribution in [0.25, 0.3) is 0 Å². The third-order valence-electron chi connectivity index (χ3n) is 4.76. The van der Waals surface area contributed by atoms with Crippen molar-refractivity contribution in [1.29, 1.82) is 0 Å². The lowest BCUT2D eigenvalue weighted by atomic mass is 9.71. The quantitative estimate of drug-likeness (QED) is 0.711. The lowest BCUT2D eigenvalue weighted by Gasteiger charge is -2.42. The Balaban J connectivity index is 2.82. The smallest absolute Gasteiger partial charge is 0.0753 e. The molecule has 1 saturated carbocycles. The standard InChI is InChI=1S/C17H35NO/c1-6-14-11-9-10-12-15(14)16(18-7-2)17(13(4)5)19-8-3/h13-18H,6-12H2,1-5H3. The van der Waals surface area contributed by atoms with E-state index in [0.717, 1.165) is 25.0 Å². The predicted octanol–water partition coefficient (Wildman–Crippen LogP) is 4.24. The summed E-state index contributed by atoms with van der Waals surface area (Å²) in [5, 5.41) is 3.76. The Hall–Kier alpha value is -0.0800. The summed E-state index contributed by atoms with van der Waals surface area (Å²) in [5.41, 5.74) is 0. The first kappa shape index (κ1) is 17.0. The van der Waals surface area contributed by atoms with E-state index in [-0.39, 0.29) is 0 Å². The molecule has 2 nitrogen and oxygen atoms in total. The van der Waals surface area contributed by atoms with E-state index in [1.54, 1.807) is 0 Å². The summed E-state index contributed by atoms with van der Waals surface area (Å²) in [5.74, 6) is 2.28. The van der Waals surface area contributed by atoms with Crippen molar-refractivity contribution in [2.75, 3.05) is 13.2 Å². The van der Waals surface area contributed by atoms with Crippen LogP contribution in [0.15, 0.2) is 0 Å². The summed E-state index contributed by atoms with van der Waals surface area (Å²) in [7, 11) is 0. The molecule has 19 heavy (non-hydrogen) atoms. The topological polar surface area (TPSA) is 21.3 Å². The molecular weight excluding hydrogens is 234 g/mol. The molecule has 0 spiro atoms. The molecule has 0 heterocycles. The maximum absolute atomic E-state index is 6.10. The van der Waals surface area contributed by atoms with Gasteiger partial charge in [-0.2, -0.15) is 0 Å². The molecule has 114 valence electrons. The van der Waals surface area contributed by atoms with Gasteiger partial charge in [0.15, 0.2) is 0 Å². The van der Waals surface area contributed by atoms with Gasteiger partial charge in [-0.05, 0) is 37.6 Å². The number of hydrogen-bond donors (Lipinski definition) is 1. The van der Waals surface area contributed by atoms with E-state index in [0.29, 0.717) is 18.1 Å². The van der Waals surface area contributed by atoms with E-state index in [1.165, 1.54) is 32.1 Å². The van der Waals surface area contributed by atoms with Gasteiger partial charge in [-0.1, -0.05) is 53.4 Å². The third kappa shape index (κ3) is 4.75. The Morgan fingerprint density at radius 3 is 2.32 bits per heavy atom. The van der Waals surface area contributed by atoms with E-state index in [2.05, 4.69) is 39.9 Å². The normalized spacial score (nSPS) is 27.5. The Morgan fingerprint density at radius 2 is 1.79 bits per heavy atom. The van der Waals surface area contributed by atoms with Crippen LogP contribution in [-0.2, 0) is 4.74 Å². The zero-order chi connectivity index (χ0) is 14.3. The number of ether oxygens (including phenoxy) is 1. The first-order valence-electron chi connectivity index (χ1n) is 8.50. The summed E-state index contributed by atoms with van der Waals surface area (Å²) in [4.78, 5) is 0. The molecule has 1 N–H and O–H groups in total. The van der Waals surface area contributed by atoms with Crippen LogP contribution in [0.4, 0.5) is 0 Å². The highest BCUT2D eigenvalue weighted by atomic mass is 16.5. The van der Waals surface area contributed by atoms with Crippen molar-refractivity contribution in [3.05, 3.63) is 0 Å². The van der Waals surface area contributed by atoms with Gasteiger partial charge in [0.1, 0.15) is 0 Å². The second kappa shape index (κ2) is 8.97. The molecule has 4 atom stereocenters. The minimum Gasteiger partial charge on any atom is -0.377 e. The molecule has 1 fully saturated rings. The van der Waals surface area contributed by atoms with Gasteiger partial charge in [-0.3, -0.25) is 0 Å². The molecular formula is C17H35NO. The molecule has 1 aliphatic carbocycles. The largest absolute Gasteiger partial charge is 0.377 e. The van der Waals surface area contributed by atoms with E-state index in [9.17, 15) is 0 Å². The van der Waals surface area contributed by atoms with Gasteiger partial charge >= 0.3 is 0 Å². The molecule has 0 amide bonds. The van der Waals surface area contributed by atoms with Crippen LogP contribution >= 0.6 is 0 Å². The van der Waals surface area contributed by atoms with Gasteiger partial charge in [0.05, 0.1) is 6.10 Å². The second-order valence-corrected chi connectivity index (χ2v) is 6.36. The Bertz CT molecular complexity index is 229. The molecule has 0 aliphatic heterocycles. The van der Waals surface area contributed by atoms with Gasteiger partial charge in [0.25, 0.3) is 0 Å². The number of nitrogens with one attached hydrogen (secondary N) is 1. The van der Waals surface area contributed by atoms with Crippen LogP contribution in [0.2, 0.25) is 0 Å². The zero-order valence-corrected chi connectivity index (χ0v) is 13.7. The molecule has 4 unspecified atom stereocenters. The second-order valence-electron chi connectivity index (χ2n) is 6.36. The lowest BCUT2D eigenvalue weighted by Crippen LogP contribution is -2.51. The van der Waals surface area contributed by atoms with Crippen LogP contribution < -0.4 is 5.32 Å². The van der Waals surface area contributed by atoms with Gasteiger partial charge < -0.3 is 10.1 Å². The van der Waals surface area contributed by atoms with E-state index in [1.807, 2.05) is 0 Å². The fourth-order valence-electron chi connectivity index (χ4n) is 3.87.